The van der Waals surface area contributed by atoms with Gasteiger partial charge in [0.15, 0.2) is 0 Å². The van der Waals surface area contributed by atoms with Gasteiger partial charge in [-0.1, -0.05) is 57.5 Å². The number of carbonyl (C=O) groups excluding carboxylic acids is 1. The fourth-order valence-corrected chi connectivity index (χ4v) is 4.34. The number of thioether (sulfide) groups is 1. The largest absolute Gasteiger partial charge is 0.494 e. The summed E-state index contributed by atoms with van der Waals surface area (Å²) in [5.74, 6) is 2.10. The Balaban J connectivity index is 1.93. The average Bonchev–Trinajstić information content (AvgIpc) is 3.19. The first kappa shape index (κ1) is 24.2. The number of fused-ring (bicyclic) bond motifs is 1. The van der Waals surface area contributed by atoms with Gasteiger partial charge in [0.25, 0.3) is 0 Å². The van der Waals surface area contributed by atoms with Crippen molar-refractivity contribution >= 4 is 23.7 Å². The monoisotopic (exact) mass is 458 g/mol. The van der Waals surface area contributed by atoms with Crippen LogP contribution in [-0.2, 0) is 9.53 Å². The van der Waals surface area contributed by atoms with Crippen LogP contribution in [0.4, 0.5) is 5.95 Å². The SMILES string of the molecule is CCCCOc1ccc(C2C(C(=O)OCCC)=C(C)Nc3nc(SCCCC)nn32)cc1. The summed E-state index contributed by atoms with van der Waals surface area (Å²) < 4.78 is 13.1. The van der Waals surface area contributed by atoms with Gasteiger partial charge in [0, 0.05) is 11.4 Å². The molecule has 32 heavy (non-hydrogen) atoms. The highest BCUT2D eigenvalue weighted by atomic mass is 32.2. The number of allylic oxidation sites excluding steroid dienone is 1. The number of aromatic nitrogens is 3. The predicted molar refractivity (Wildman–Crippen MR) is 128 cm³/mol. The third kappa shape index (κ3) is 5.85. The second kappa shape index (κ2) is 11.9. The standard InChI is InChI=1S/C24H34N4O3S/c1-5-8-15-30-19-12-10-18(11-13-19)21-20(22(29)31-14-7-3)17(4)25-23-26-24(27-28(21)23)32-16-9-6-2/h10-13,21H,5-9,14-16H2,1-4H3,(H,25,26,27). The number of hydrogen-bond donors (Lipinski definition) is 1. The first-order valence-corrected chi connectivity index (χ1v) is 12.5. The van der Waals surface area contributed by atoms with Crippen LogP contribution in [0.5, 0.6) is 5.75 Å². The number of nitrogens with zero attached hydrogens (tertiary/aromatic N) is 3. The van der Waals surface area contributed by atoms with Crippen LogP contribution in [0.3, 0.4) is 0 Å². The zero-order chi connectivity index (χ0) is 22.9. The van der Waals surface area contributed by atoms with E-state index in [0.29, 0.717) is 29.9 Å². The summed E-state index contributed by atoms with van der Waals surface area (Å²) in [6.45, 7) is 9.26. The molecular formula is C24H34N4O3S. The number of rotatable bonds is 12. The summed E-state index contributed by atoms with van der Waals surface area (Å²) in [7, 11) is 0. The van der Waals surface area contributed by atoms with Crippen LogP contribution >= 0.6 is 11.8 Å². The van der Waals surface area contributed by atoms with Crippen LogP contribution in [0.25, 0.3) is 0 Å². The number of hydrogen-bond acceptors (Lipinski definition) is 7. The van der Waals surface area contributed by atoms with E-state index in [4.69, 9.17) is 14.6 Å². The lowest BCUT2D eigenvalue weighted by Gasteiger charge is -2.28. The van der Waals surface area contributed by atoms with Crippen molar-refractivity contribution in [1.29, 1.82) is 0 Å². The van der Waals surface area contributed by atoms with Gasteiger partial charge < -0.3 is 14.8 Å². The van der Waals surface area contributed by atoms with E-state index >= 15 is 0 Å². The van der Waals surface area contributed by atoms with Crippen LogP contribution in [0.15, 0.2) is 40.7 Å². The molecule has 1 unspecified atom stereocenters. The molecule has 1 aromatic carbocycles. The van der Waals surface area contributed by atoms with Gasteiger partial charge in [-0.3, -0.25) is 0 Å². The normalized spacial score (nSPS) is 15.3. The van der Waals surface area contributed by atoms with Crippen molar-refractivity contribution in [3.8, 4) is 5.75 Å². The Morgan fingerprint density at radius 3 is 2.53 bits per heavy atom. The first-order valence-electron chi connectivity index (χ1n) is 11.6. The van der Waals surface area contributed by atoms with E-state index < -0.39 is 6.04 Å². The smallest absolute Gasteiger partial charge is 0.338 e. The Bertz CT molecular complexity index is 924. The van der Waals surface area contributed by atoms with E-state index in [2.05, 4.69) is 24.1 Å². The maximum absolute atomic E-state index is 13.0. The number of esters is 1. The van der Waals surface area contributed by atoms with Gasteiger partial charge in [0.05, 0.1) is 18.8 Å². The Labute approximate surface area is 195 Å². The molecule has 0 amide bonds. The highest BCUT2D eigenvalue weighted by molar-refractivity contribution is 7.99. The molecule has 1 aromatic heterocycles. The molecule has 1 N–H and O–H groups in total. The van der Waals surface area contributed by atoms with Crippen molar-refractivity contribution in [2.24, 2.45) is 0 Å². The van der Waals surface area contributed by atoms with E-state index in [1.54, 1.807) is 16.4 Å². The van der Waals surface area contributed by atoms with Crippen LogP contribution in [0.1, 0.15) is 71.4 Å². The van der Waals surface area contributed by atoms with Gasteiger partial charge >= 0.3 is 5.97 Å². The minimum atomic E-state index is -0.409. The van der Waals surface area contributed by atoms with Crippen LogP contribution in [0, 0.1) is 0 Å². The lowest BCUT2D eigenvalue weighted by molar-refractivity contribution is -0.139. The Morgan fingerprint density at radius 2 is 1.84 bits per heavy atom. The molecule has 0 saturated heterocycles. The minimum absolute atomic E-state index is 0.327. The molecule has 1 aliphatic heterocycles. The third-order valence-electron chi connectivity index (χ3n) is 5.18. The first-order chi connectivity index (χ1) is 15.6. The van der Waals surface area contributed by atoms with Gasteiger partial charge in [0.2, 0.25) is 11.1 Å². The number of benzene rings is 1. The molecule has 2 aromatic rings. The quantitative estimate of drug-likeness (QED) is 0.252. The fourth-order valence-electron chi connectivity index (χ4n) is 3.43. The van der Waals surface area contributed by atoms with E-state index in [0.717, 1.165) is 54.9 Å². The molecule has 1 atom stereocenters. The zero-order valence-corrected chi connectivity index (χ0v) is 20.3. The summed E-state index contributed by atoms with van der Waals surface area (Å²) in [4.78, 5) is 17.7. The molecule has 8 heteroatoms. The topological polar surface area (TPSA) is 78.3 Å². The summed E-state index contributed by atoms with van der Waals surface area (Å²) in [5.41, 5.74) is 2.23. The van der Waals surface area contributed by atoms with Crippen LogP contribution in [0.2, 0.25) is 0 Å². The second-order valence-electron chi connectivity index (χ2n) is 7.84. The van der Waals surface area contributed by atoms with E-state index in [1.165, 1.54) is 0 Å². The molecule has 7 nitrogen and oxygen atoms in total. The summed E-state index contributed by atoms with van der Waals surface area (Å²) in [6.07, 6.45) is 5.12. The third-order valence-corrected chi connectivity index (χ3v) is 6.11. The fraction of sp³-hybridized carbons (Fsp3) is 0.542. The minimum Gasteiger partial charge on any atom is -0.494 e. The van der Waals surface area contributed by atoms with Crippen molar-refractivity contribution in [2.75, 3.05) is 24.3 Å². The van der Waals surface area contributed by atoms with Gasteiger partial charge in [-0.2, -0.15) is 4.98 Å². The van der Waals surface area contributed by atoms with Crippen LogP contribution in [-0.4, -0.2) is 39.7 Å². The van der Waals surface area contributed by atoms with Crippen molar-refractivity contribution in [3.05, 3.63) is 41.1 Å². The molecule has 0 aliphatic carbocycles. The number of anilines is 1. The van der Waals surface area contributed by atoms with Gasteiger partial charge in [0.1, 0.15) is 11.8 Å². The van der Waals surface area contributed by atoms with Crippen LogP contribution < -0.4 is 10.1 Å². The molecule has 0 spiro atoms. The molecule has 0 saturated carbocycles. The predicted octanol–water partition coefficient (Wildman–Crippen LogP) is 5.59. The Kier molecular flexibility index (Phi) is 9.02. The zero-order valence-electron chi connectivity index (χ0n) is 19.5. The number of nitrogens with one attached hydrogen (secondary N) is 1. The highest BCUT2D eigenvalue weighted by Gasteiger charge is 2.35. The lowest BCUT2D eigenvalue weighted by Crippen LogP contribution is -2.29. The molecule has 3 rings (SSSR count). The molecule has 1 aliphatic rings. The summed E-state index contributed by atoms with van der Waals surface area (Å²) in [5, 5.41) is 8.71. The number of carbonyl (C=O) groups is 1. The molecule has 0 fully saturated rings. The highest BCUT2D eigenvalue weighted by Crippen LogP contribution is 2.37. The van der Waals surface area contributed by atoms with Gasteiger partial charge in [-0.05, 0) is 43.9 Å². The van der Waals surface area contributed by atoms with Crippen molar-refractivity contribution in [2.45, 2.75) is 71.0 Å². The summed E-state index contributed by atoms with van der Waals surface area (Å²) in [6, 6.07) is 7.48. The van der Waals surface area contributed by atoms with E-state index in [9.17, 15) is 4.79 Å². The maximum Gasteiger partial charge on any atom is 0.338 e. The second-order valence-corrected chi connectivity index (χ2v) is 8.90. The molecule has 174 valence electrons. The van der Waals surface area contributed by atoms with E-state index in [-0.39, 0.29) is 5.97 Å². The molecular weight excluding hydrogens is 424 g/mol. The summed E-state index contributed by atoms with van der Waals surface area (Å²) >= 11 is 1.64. The van der Waals surface area contributed by atoms with Gasteiger partial charge in [-0.25, -0.2) is 9.48 Å². The number of unbranched alkanes of at least 4 members (excludes halogenated alkanes) is 2. The molecule has 0 bridgehead atoms. The molecule has 0 radical (unpaired) electrons. The Morgan fingerprint density at radius 1 is 1.09 bits per heavy atom. The lowest BCUT2D eigenvalue weighted by atomic mass is 9.96. The van der Waals surface area contributed by atoms with E-state index in [1.807, 2.05) is 38.1 Å². The maximum atomic E-state index is 13.0. The Hall–Kier alpha value is -2.48. The molecule has 2 heterocycles. The average molecular weight is 459 g/mol. The number of ether oxygens (including phenoxy) is 2. The van der Waals surface area contributed by atoms with Crippen molar-refractivity contribution < 1.29 is 14.3 Å². The van der Waals surface area contributed by atoms with Crippen molar-refractivity contribution in [1.82, 2.24) is 14.8 Å². The van der Waals surface area contributed by atoms with Gasteiger partial charge in [-0.15, -0.1) is 5.10 Å². The van der Waals surface area contributed by atoms with Crippen molar-refractivity contribution in [3.63, 3.8) is 0 Å².